The summed E-state index contributed by atoms with van der Waals surface area (Å²) in [5.41, 5.74) is 2.95. The number of carbonyl (C=O) groups excluding carboxylic acids is 2. The predicted octanol–water partition coefficient (Wildman–Crippen LogP) is 5.66. The monoisotopic (exact) mass is 579 g/mol. The van der Waals surface area contributed by atoms with Crippen molar-refractivity contribution in [2.45, 2.75) is 37.5 Å². The quantitative estimate of drug-likeness (QED) is 0.305. The lowest BCUT2D eigenvalue weighted by Gasteiger charge is -2.25. The first kappa shape index (κ1) is 27.9. The Kier molecular flexibility index (Phi) is 7.98. The van der Waals surface area contributed by atoms with Crippen molar-refractivity contribution in [1.82, 2.24) is 8.87 Å². The van der Waals surface area contributed by atoms with E-state index < -0.39 is 10.0 Å². The van der Waals surface area contributed by atoms with Crippen molar-refractivity contribution in [3.05, 3.63) is 88.6 Å². The Morgan fingerprint density at radius 1 is 0.950 bits per heavy atom. The second kappa shape index (κ2) is 11.4. The summed E-state index contributed by atoms with van der Waals surface area (Å²) in [6.45, 7) is 2.86. The molecule has 2 heterocycles. The molecule has 0 radical (unpaired) electrons. The molecular weight excluding hydrogens is 550 g/mol. The summed E-state index contributed by atoms with van der Waals surface area (Å²) in [4.78, 5) is 26.9. The molecule has 5 rings (SSSR count). The van der Waals surface area contributed by atoms with Crippen LogP contribution in [0.25, 0.3) is 10.9 Å². The molecule has 40 heavy (non-hydrogen) atoms. The van der Waals surface area contributed by atoms with E-state index in [1.165, 1.54) is 16.4 Å². The third kappa shape index (κ3) is 5.50. The van der Waals surface area contributed by atoms with Gasteiger partial charge in [0.2, 0.25) is 15.9 Å². The average Bonchev–Trinajstić information content (AvgIpc) is 3.23. The molecule has 0 saturated carbocycles. The molecule has 4 aromatic rings. The lowest BCUT2D eigenvalue weighted by molar-refractivity contribution is -0.115. The highest BCUT2D eigenvalue weighted by atomic mass is 35.5. The Morgan fingerprint density at radius 3 is 2.27 bits per heavy atom. The van der Waals surface area contributed by atoms with Crippen LogP contribution in [-0.2, 0) is 21.2 Å². The van der Waals surface area contributed by atoms with Gasteiger partial charge in [0.05, 0.1) is 23.9 Å². The first-order valence-electron chi connectivity index (χ1n) is 13.1. The minimum Gasteiger partial charge on any atom is -0.497 e. The van der Waals surface area contributed by atoms with Gasteiger partial charge in [-0.1, -0.05) is 18.0 Å². The van der Waals surface area contributed by atoms with Crippen molar-refractivity contribution in [2.24, 2.45) is 0 Å². The summed E-state index contributed by atoms with van der Waals surface area (Å²) in [6, 6.07) is 18.3. The lowest BCUT2D eigenvalue weighted by atomic mass is 10.1. The molecule has 1 amide bonds. The third-order valence-corrected chi connectivity index (χ3v) is 9.43. The Morgan fingerprint density at radius 2 is 1.62 bits per heavy atom. The molecule has 0 atom stereocenters. The number of nitrogens with one attached hydrogen (secondary N) is 1. The summed E-state index contributed by atoms with van der Waals surface area (Å²) in [5, 5.41) is 4.12. The van der Waals surface area contributed by atoms with Crippen molar-refractivity contribution in [2.75, 3.05) is 25.5 Å². The number of fused-ring (bicyclic) bond motifs is 1. The molecule has 1 N–H and O–H groups in total. The Hall–Kier alpha value is -3.66. The number of halogens is 1. The van der Waals surface area contributed by atoms with Crippen molar-refractivity contribution in [1.29, 1.82) is 0 Å². The maximum Gasteiger partial charge on any atom is 0.262 e. The summed E-state index contributed by atoms with van der Waals surface area (Å²) >= 11 is 6.01. The zero-order chi connectivity index (χ0) is 28.4. The van der Waals surface area contributed by atoms with Gasteiger partial charge in [-0.25, -0.2) is 8.42 Å². The Balaban J connectivity index is 1.40. The van der Waals surface area contributed by atoms with Gasteiger partial charge >= 0.3 is 0 Å². The molecule has 1 aromatic heterocycles. The van der Waals surface area contributed by atoms with Crippen LogP contribution in [0.4, 0.5) is 5.69 Å². The third-order valence-electron chi connectivity index (χ3n) is 7.26. The van der Waals surface area contributed by atoms with E-state index in [4.69, 9.17) is 16.3 Å². The molecule has 10 heteroatoms. The normalized spacial score (nSPS) is 14.3. The average molecular weight is 580 g/mol. The number of piperidine rings is 1. The van der Waals surface area contributed by atoms with Crippen LogP contribution >= 0.6 is 11.6 Å². The molecule has 0 spiro atoms. The fraction of sp³-hybridized carbons (Fsp3) is 0.267. The zero-order valence-electron chi connectivity index (χ0n) is 22.3. The van der Waals surface area contributed by atoms with Crippen molar-refractivity contribution >= 4 is 50.0 Å². The summed E-state index contributed by atoms with van der Waals surface area (Å²) in [6.07, 6.45) is 2.77. The molecule has 8 nitrogen and oxygen atoms in total. The first-order chi connectivity index (χ1) is 19.2. The number of anilines is 1. The summed E-state index contributed by atoms with van der Waals surface area (Å²) < 4.78 is 34.4. The molecule has 1 fully saturated rings. The number of sulfonamides is 1. The highest BCUT2D eigenvalue weighted by Gasteiger charge is 2.26. The van der Waals surface area contributed by atoms with E-state index in [9.17, 15) is 18.0 Å². The van der Waals surface area contributed by atoms with Gasteiger partial charge in [0, 0.05) is 40.4 Å². The molecule has 1 aliphatic rings. The maximum absolute atomic E-state index is 13.5. The number of hydrogen-bond donors (Lipinski definition) is 1. The van der Waals surface area contributed by atoms with E-state index >= 15 is 0 Å². The van der Waals surface area contributed by atoms with E-state index in [1.54, 1.807) is 60.2 Å². The topological polar surface area (TPSA) is 97.7 Å². The second-order valence-corrected chi connectivity index (χ2v) is 12.2. The number of nitrogens with zero attached hydrogens (tertiary/aromatic N) is 2. The van der Waals surface area contributed by atoms with Gasteiger partial charge in [-0.3, -0.25) is 14.2 Å². The standard InChI is InChI=1S/C30H30ClN3O5S/c1-20-26(19-29(35)32-23-10-13-25(14-11-23)40(37,38)33-16-4-3-5-17-33)27-18-24(39-2)12-15-28(27)34(20)30(36)21-6-8-22(31)9-7-21/h6-15,18H,3-5,16-17,19H2,1-2H3,(H,32,35). The van der Waals surface area contributed by atoms with Gasteiger partial charge in [-0.2, -0.15) is 4.31 Å². The molecule has 1 saturated heterocycles. The van der Waals surface area contributed by atoms with E-state index in [2.05, 4.69) is 5.32 Å². The van der Waals surface area contributed by atoms with E-state index in [-0.39, 0.29) is 23.1 Å². The number of methoxy groups -OCH3 is 1. The smallest absolute Gasteiger partial charge is 0.262 e. The number of amides is 1. The van der Waals surface area contributed by atoms with Crippen LogP contribution in [0, 0.1) is 6.92 Å². The van der Waals surface area contributed by atoms with Crippen LogP contribution in [-0.4, -0.2) is 49.3 Å². The predicted molar refractivity (Wildman–Crippen MR) is 156 cm³/mol. The number of aromatic nitrogens is 1. The Labute approximate surface area is 238 Å². The van der Waals surface area contributed by atoms with E-state index in [0.29, 0.717) is 51.9 Å². The van der Waals surface area contributed by atoms with Crippen LogP contribution in [0.2, 0.25) is 5.02 Å². The van der Waals surface area contributed by atoms with Gasteiger partial charge in [0.1, 0.15) is 5.75 Å². The molecule has 0 unspecified atom stereocenters. The highest BCUT2D eigenvalue weighted by molar-refractivity contribution is 7.89. The fourth-order valence-corrected chi connectivity index (χ4v) is 6.77. The zero-order valence-corrected chi connectivity index (χ0v) is 23.9. The van der Waals surface area contributed by atoms with Gasteiger partial charge in [0.25, 0.3) is 5.91 Å². The van der Waals surface area contributed by atoms with Crippen molar-refractivity contribution in [3.63, 3.8) is 0 Å². The number of rotatable bonds is 7. The number of hydrogen-bond acceptors (Lipinski definition) is 5. The van der Waals surface area contributed by atoms with Crippen LogP contribution < -0.4 is 10.1 Å². The molecule has 0 bridgehead atoms. The molecule has 1 aliphatic heterocycles. The SMILES string of the molecule is COc1ccc2c(c1)c(CC(=O)Nc1ccc(S(=O)(=O)N3CCCCC3)cc1)c(C)n2C(=O)c1ccc(Cl)cc1. The van der Waals surface area contributed by atoms with E-state index in [1.807, 2.05) is 13.0 Å². The lowest BCUT2D eigenvalue weighted by Crippen LogP contribution is -2.35. The van der Waals surface area contributed by atoms with E-state index in [0.717, 1.165) is 24.6 Å². The van der Waals surface area contributed by atoms with Crippen molar-refractivity contribution in [3.8, 4) is 5.75 Å². The van der Waals surface area contributed by atoms with Crippen LogP contribution in [0.5, 0.6) is 5.75 Å². The van der Waals surface area contributed by atoms with Gasteiger partial charge < -0.3 is 10.1 Å². The number of carbonyl (C=O) groups is 2. The first-order valence-corrected chi connectivity index (χ1v) is 14.9. The molecule has 0 aliphatic carbocycles. The molecule has 3 aromatic carbocycles. The van der Waals surface area contributed by atoms with Gasteiger partial charge in [-0.05, 0) is 92.1 Å². The summed E-state index contributed by atoms with van der Waals surface area (Å²) in [7, 11) is -2.00. The van der Waals surface area contributed by atoms with Gasteiger partial charge in [0.15, 0.2) is 0 Å². The van der Waals surface area contributed by atoms with Gasteiger partial charge in [-0.15, -0.1) is 0 Å². The van der Waals surface area contributed by atoms with Crippen LogP contribution in [0.15, 0.2) is 71.6 Å². The van der Waals surface area contributed by atoms with Crippen molar-refractivity contribution < 1.29 is 22.7 Å². The van der Waals surface area contributed by atoms with Crippen LogP contribution in [0.1, 0.15) is 40.9 Å². The Bertz CT molecular complexity index is 1670. The van der Waals surface area contributed by atoms with Crippen LogP contribution in [0.3, 0.4) is 0 Å². The molecule has 208 valence electrons. The fourth-order valence-electron chi connectivity index (χ4n) is 5.13. The largest absolute Gasteiger partial charge is 0.497 e. The summed E-state index contributed by atoms with van der Waals surface area (Å²) in [5.74, 6) is 0.0767. The number of benzene rings is 3. The minimum absolute atomic E-state index is 0.00419. The molecular formula is C30H30ClN3O5S. The highest BCUT2D eigenvalue weighted by Crippen LogP contribution is 2.31. The maximum atomic E-state index is 13.5. The second-order valence-electron chi connectivity index (χ2n) is 9.81. The number of ether oxygens (including phenoxy) is 1. The minimum atomic E-state index is -3.56.